The summed E-state index contributed by atoms with van der Waals surface area (Å²) in [6, 6.07) is 5.75. The Morgan fingerprint density at radius 1 is 1.32 bits per heavy atom. The minimum absolute atomic E-state index is 0.204. The van der Waals surface area contributed by atoms with E-state index in [4.69, 9.17) is 4.52 Å². The molecular weight excluding hydrogens is 354 g/mol. The van der Waals surface area contributed by atoms with Crippen molar-refractivity contribution in [3.05, 3.63) is 46.9 Å². The Labute approximate surface area is 164 Å². The fraction of sp³-hybridized carbons (Fsp3) is 0.429. The third-order valence-electron chi connectivity index (χ3n) is 4.83. The summed E-state index contributed by atoms with van der Waals surface area (Å²) in [5.41, 5.74) is 3.80. The number of carbonyl (C=O) groups excluding carboxylic acids is 1. The van der Waals surface area contributed by atoms with Crippen LogP contribution in [-0.4, -0.2) is 40.0 Å². The Bertz CT molecular complexity index is 1010. The number of hydrogen-bond acceptors (Lipinski definition) is 6. The van der Waals surface area contributed by atoms with Crippen LogP contribution in [0.3, 0.4) is 0 Å². The highest BCUT2D eigenvalue weighted by Crippen LogP contribution is 2.40. The number of fused-ring (bicyclic) bond motifs is 1. The summed E-state index contributed by atoms with van der Waals surface area (Å²) in [6.45, 7) is 2.86. The van der Waals surface area contributed by atoms with Crippen molar-refractivity contribution < 1.29 is 9.32 Å². The first-order valence-corrected chi connectivity index (χ1v) is 9.75. The fourth-order valence-corrected chi connectivity index (χ4v) is 3.39. The number of nitrogens with zero attached hydrogens (tertiary/aromatic N) is 4. The van der Waals surface area contributed by atoms with Gasteiger partial charge < -0.3 is 14.7 Å². The predicted octanol–water partition coefficient (Wildman–Crippen LogP) is 3.76. The average Bonchev–Trinajstić information content (AvgIpc) is 3.43. The van der Waals surface area contributed by atoms with E-state index in [1.807, 2.05) is 32.3 Å². The summed E-state index contributed by atoms with van der Waals surface area (Å²) in [5, 5.41) is 7.82. The lowest BCUT2D eigenvalue weighted by Gasteiger charge is -2.11. The molecule has 1 fully saturated rings. The zero-order valence-electron chi connectivity index (χ0n) is 16.5. The molecule has 146 valence electrons. The van der Waals surface area contributed by atoms with Crippen LogP contribution in [-0.2, 0) is 13.0 Å². The van der Waals surface area contributed by atoms with Crippen LogP contribution in [0.15, 0.2) is 28.9 Å². The molecule has 1 saturated carbocycles. The number of hydrogen-bond donors (Lipinski definition) is 1. The van der Waals surface area contributed by atoms with Gasteiger partial charge in [0.2, 0.25) is 0 Å². The molecule has 0 spiro atoms. The molecule has 0 radical (unpaired) electrons. The second-order valence-corrected chi connectivity index (χ2v) is 7.67. The minimum Gasteiger partial charge on any atom is -0.336 e. The van der Waals surface area contributed by atoms with Gasteiger partial charge in [0, 0.05) is 24.4 Å². The Morgan fingerprint density at radius 2 is 2.14 bits per heavy atom. The highest BCUT2D eigenvalue weighted by atomic mass is 16.5. The van der Waals surface area contributed by atoms with Crippen LogP contribution in [0.5, 0.6) is 0 Å². The lowest BCUT2D eigenvalue weighted by atomic mass is 10.0. The molecule has 0 bridgehead atoms. The molecule has 1 amide bonds. The molecule has 0 atom stereocenters. The number of aryl methyl sites for hydroxylation is 1. The number of carbonyl (C=O) groups is 1. The molecule has 28 heavy (non-hydrogen) atoms. The standard InChI is InChI=1S/C21H25N5O2/c1-4-5-16-19-15(11-17(14-6-7-14)23-21(19)28-25-16)20(27)24-18-10-13(8-9-22-18)12-26(2)3/h8-11,14H,4-7,12H2,1-3H3,(H,22,24,27). The quantitative estimate of drug-likeness (QED) is 0.673. The third kappa shape index (κ3) is 3.89. The van der Waals surface area contributed by atoms with Gasteiger partial charge in [0.05, 0.1) is 16.6 Å². The van der Waals surface area contributed by atoms with Gasteiger partial charge in [-0.3, -0.25) is 4.79 Å². The fourth-order valence-electron chi connectivity index (χ4n) is 3.39. The van der Waals surface area contributed by atoms with E-state index in [0.29, 0.717) is 28.4 Å². The smallest absolute Gasteiger partial charge is 0.259 e. The summed E-state index contributed by atoms with van der Waals surface area (Å²) >= 11 is 0. The molecule has 0 saturated heterocycles. The van der Waals surface area contributed by atoms with Crippen LogP contribution >= 0.6 is 0 Å². The number of nitrogens with one attached hydrogen (secondary N) is 1. The molecule has 1 aliphatic rings. The Balaban J connectivity index is 1.69. The molecular formula is C21H25N5O2. The van der Waals surface area contributed by atoms with E-state index < -0.39 is 0 Å². The van der Waals surface area contributed by atoms with Crippen molar-refractivity contribution in [1.29, 1.82) is 0 Å². The first-order chi connectivity index (χ1) is 13.5. The molecule has 7 nitrogen and oxygen atoms in total. The van der Waals surface area contributed by atoms with Crippen molar-refractivity contribution in [2.24, 2.45) is 0 Å². The first kappa shape index (κ1) is 18.6. The summed E-state index contributed by atoms with van der Waals surface area (Å²) in [7, 11) is 4.01. The van der Waals surface area contributed by atoms with E-state index >= 15 is 0 Å². The first-order valence-electron chi connectivity index (χ1n) is 9.75. The molecule has 0 unspecified atom stereocenters. The summed E-state index contributed by atoms with van der Waals surface area (Å²) in [4.78, 5) is 24.1. The number of rotatable bonds is 7. The molecule has 1 aliphatic carbocycles. The number of amides is 1. The van der Waals surface area contributed by atoms with Crippen LogP contribution in [0.4, 0.5) is 5.82 Å². The molecule has 3 aromatic rings. The zero-order valence-corrected chi connectivity index (χ0v) is 16.5. The van der Waals surface area contributed by atoms with Gasteiger partial charge in [0.1, 0.15) is 5.82 Å². The van der Waals surface area contributed by atoms with Crippen LogP contribution in [0.2, 0.25) is 0 Å². The lowest BCUT2D eigenvalue weighted by Crippen LogP contribution is -2.16. The highest BCUT2D eigenvalue weighted by Gasteiger charge is 2.29. The van der Waals surface area contributed by atoms with Crippen molar-refractivity contribution >= 4 is 22.8 Å². The van der Waals surface area contributed by atoms with Gasteiger partial charge in [0.25, 0.3) is 11.6 Å². The van der Waals surface area contributed by atoms with Crippen molar-refractivity contribution in [1.82, 2.24) is 20.0 Å². The molecule has 1 N–H and O–H groups in total. The van der Waals surface area contributed by atoms with Crippen molar-refractivity contribution in [3.8, 4) is 0 Å². The van der Waals surface area contributed by atoms with Crippen LogP contribution in [0.25, 0.3) is 11.1 Å². The van der Waals surface area contributed by atoms with E-state index in [9.17, 15) is 4.79 Å². The maximum absolute atomic E-state index is 13.2. The lowest BCUT2D eigenvalue weighted by molar-refractivity contribution is 0.102. The maximum Gasteiger partial charge on any atom is 0.259 e. The Morgan fingerprint density at radius 3 is 2.86 bits per heavy atom. The zero-order chi connectivity index (χ0) is 19.7. The summed E-state index contributed by atoms with van der Waals surface area (Å²) in [5.74, 6) is 0.748. The van der Waals surface area contributed by atoms with Gasteiger partial charge in [-0.05, 0) is 57.1 Å². The van der Waals surface area contributed by atoms with Gasteiger partial charge in [-0.1, -0.05) is 18.5 Å². The van der Waals surface area contributed by atoms with E-state index in [1.165, 1.54) is 0 Å². The van der Waals surface area contributed by atoms with E-state index in [1.54, 1.807) is 6.20 Å². The SMILES string of the molecule is CCCc1noc2nc(C3CC3)cc(C(=O)Nc3cc(CN(C)C)ccn3)c12. The largest absolute Gasteiger partial charge is 0.336 e. The van der Waals surface area contributed by atoms with Gasteiger partial charge in [0.15, 0.2) is 0 Å². The number of pyridine rings is 2. The van der Waals surface area contributed by atoms with Crippen molar-refractivity contribution in [2.75, 3.05) is 19.4 Å². The van der Waals surface area contributed by atoms with E-state index in [2.05, 4.69) is 32.3 Å². The maximum atomic E-state index is 13.2. The molecule has 0 aliphatic heterocycles. The van der Waals surface area contributed by atoms with Gasteiger partial charge >= 0.3 is 0 Å². The number of aromatic nitrogens is 3. The van der Waals surface area contributed by atoms with Crippen molar-refractivity contribution in [3.63, 3.8) is 0 Å². The van der Waals surface area contributed by atoms with Crippen LogP contribution in [0, 0.1) is 0 Å². The number of anilines is 1. The van der Waals surface area contributed by atoms with Crippen LogP contribution in [0.1, 0.15) is 59.4 Å². The van der Waals surface area contributed by atoms with Crippen LogP contribution < -0.4 is 5.32 Å². The normalized spacial score (nSPS) is 14.0. The van der Waals surface area contributed by atoms with Crippen molar-refractivity contribution in [2.45, 2.75) is 45.1 Å². The summed E-state index contributed by atoms with van der Waals surface area (Å²) in [6.07, 6.45) is 5.58. The van der Waals surface area contributed by atoms with Gasteiger partial charge in [-0.15, -0.1) is 0 Å². The monoisotopic (exact) mass is 379 g/mol. The second kappa shape index (κ2) is 7.67. The van der Waals surface area contributed by atoms with E-state index in [-0.39, 0.29) is 5.91 Å². The topological polar surface area (TPSA) is 84.1 Å². The van der Waals surface area contributed by atoms with E-state index in [0.717, 1.165) is 49.2 Å². The molecule has 3 heterocycles. The highest BCUT2D eigenvalue weighted by molar-refractivity contribution is 6.12. The molecule has 7 heteroatoms. The Hall–Kier alpha value is -2.80. The predicted molar refractivity (Wildman–Crippen MR) is 107 cm³/mol. The van der Waals surface area contributed by atoms with Gasteiger partial charge in [-0.25, -0.2) is 9.97 Å². The third-order valence-corrected chi connectivity index (χ3v) is 4.83. The second-order valence-electron chi connectivity index (χ2n) is 7.67. The molecule has 4 rings (SSSR count). The minimum atomic E-state index is -0.204. The van der Waals surface area contributed by atoms with Gasteiger partial charge in [-0.2, -0.15) is 0 Å². The molecule has 3 aromatic heterocycles. The Kier molecular flexibility index (Phi) is 5.09. The average molecular weight is 379 g/mol. The molecule has 0 aromatic carbocycles. The summed E-state index contributed by atoms with van der Waals surface area (Å²) < 4.78 is 5.46.